The van der Waals surface area contributed by atoms with E-state index >= 15 is 0 Å². The third kappa shape index (κ3) is 5.05. The molecule has 5 heteroatoms. The van der Waals surface area contributed by atoms with Gasteiger partial charge in [-0.25, -0.2) is 4.39 Å². The van der Waals surface area contributed by atoms with Crippen LogP contribution in [0.25, 0.3) is 0 Å². The summed E-state index contributed by atoms with van der Waals surface area (Å²) in [5, 5.41) is 3.40. The monoisotopic (exact) mass is 335 g/mol. The molecule has 1 atom stereocenters. The van der Waals surface area contributed by atoms with Crippen molar-refractivity contribution in [3.05, 3.63) is 70.5 Å². The first-order chi connectivity index (χ1) is 11.1. The van der Waals surface area contributed by atoms with E-state index in [9.17, 15) is 9.18 Å². The van der Waals surface area contributed by atoms with E-state index in [1.807, 2.05) is 18.2 Å². The number of benzene rings is 2. The maximum atomic E-state index is 13.5. The Morgan fingerprint density at radius 1 is 1.22 bits per heavy atom. The van der Waals surface area contributed by atoms with Crippen LogP contribution in [-0.4, -0.2) is 19.6 Å². The number of aryl methyl sites for hydroxylation is 1. The van der Waals surface area contributed by atoms with Crippen molar-refractivity contribution in [3.63, 3.8) is 0 Å². The van der Waals surface area contributed by atoms with Gasteiger partial charge in [0.25, 0.3) is 0 Å². The minimum Gasteiger partial charge on any atom is -0.375 e. The van der Waals surface area contributed by atoms with Gasteiger partial charge in [-0.15, -0.1) is 0 Å². The number of nitrogens with one attached hydrogen (secondary N) is 1. The molecular weight excluding hydrogens is 317 g/mol. The van der Waals surface area contributed by atoms with E-state index in [4.69, 9.17) is 16.3 Å². The van der Waals surface area contributed by atoms with Gasteiger partial charge in [0.05, 0.1) is 0 Å². The fourth-order valence-corrected chi connectivity index (χ4v) is 2.56. The average molecular weight is 336 g/mol. The minimum atomic E-state index is -0.318. The first kappa shape index (κ1) is 17.4. The molecule has 0 aliphatic rings. The van der Waals surface area contributed by atoms with Crippen molar-refractivity contribution in [2.75, 3.05) is 13.7 Å². The Morgan fingerprint density at radius 3 is 2.61 bits per heavy atom. The Morgan fingerprint density at radius 2 is 1.91 bits per heavy atom. The normalized spacial score (nSPS) is 12.0. The molecule has 0 unspecified atom stereocenters. The van der Waals surface area contributed by atoms with E-state index in [0.29, 0.717) is 23.6 Å². The topological polar surface area (TPSA) is 38.3 Å². The molecule has 0 saturated heterocycles. The standard InChI is InChI=1S/C18H19ClFNO2/c1-23-17(14-7-3-4-8-15(14)19)12-21-18(22)11-10-13-6-2-5-9-16(13)20/h2-9,17H,10-12H2,1H3,(H,21,22)/t17-/m0/s1. The molecule has 0 aromatic heterocycles. The van der Waals surface area contributed by atoms with Crippen molar-refractivity contribution >= 4 is 17.5 Å². The zero-order valence-electron chi connectivity index (χ0n) is 12.9. The molecule has 122 valence electrons. The molecule has 2 aromatic carbocycles. The molecule has 23 heavy (non-hydrogen) atoms. The number of ether oxygens (including phenoxy) is 1. The Hall–Kier alpha value is -1.91. The van der Waals surface area contributed by atoms with Crippen molar-refractivity contribution in [2.24, 2.45) is 0 Å². The first-order valence-corrected chi connectivity index (χ1v) is 7.77. The van der Waals surface area contributed by atoms with Gasteiger partial charge in [-0.3, -0.25) is 4.79 Å². The number of carbonyl (C=O) groups excluding carboxylic acids is 1. The zero-order valence-corrected chi connectivity index (χ0v) is 13.6. The van der Waals surface area contributed by atoms with E-state index in [-0.39, 0.29) is 24.2 Å². The van der Waals surface area contributed by atoms with Crippen LogP contribution < -0.4 is 5.32 Å². The first-order valence-electron chi connectivity index (χ1n) is 7.39. The van der Waals surface area contributed by atoms with Gasteiger partial charge < -0.3 is 10.1 Å². The number of methoxy groups -OCH3 is 1. The molecule has 0 radical (unpaired) electrons. The molecule has 2 rings (SSSR count). The second-order valence-electron chi connectivity index (χ2n) is 5.14. The Bertz CT molecular complexity index is 663. The van der Waals surface area contributed by atoms with Gasteiger partial charge in [0.15, 0.2) is 0 Å². The quantitative estimate of drug-likeness (QED) is 0.833. The number of amides is 1. The van der Waals surface area contributed by atoms with Crippen molar-refractivity contribution in [3.8, 4) is 0 Å². The van der Waals surface area contributed by atoms with Crippen molar-refractivity contribution in [1.82, 2.24) is 5.32 Å². The minimum absolute atomic E-state index is 0.151. The highest BCUT2D eigenvalue weighted by molar-refractivity contribution is 6.31. The summed E-state index contributed by atoms with van der Waals surface area (Å²) in [6, 6.07) is 13.8. The van der Waals surface area contributed by atoms with Crippen LogP contribution in [-0.2, 0) is 16.0 Å². The van der Waals surface area contributed by atoms with E-state index in [1.54, 1.807) is 31.4 Å². The largest absolute Gasteiger partial charge is 0.375 e. The summed E-state index contributed by atoms with van der Waals surface area (Å²) in [7, 11) is 1.57. The molecule has 3 nitrogen and oxygen atoms in total. The second kappa shape index (κ2) is 8.65. The molecule has 2 aromatic rings. The van der Waals surface area contributed by atoms with E-state index in [0.717, 1.165) is 5.56 Å². The number of carbonyl (C=O) groups is 1. The van der Waals surface area contributed by atoms with Gasteiger partial charge in [-0.2, -0.15) is 0 Å². The summed E-state index contributed by atoms with van der Waals surface area (Å²) in [6.07, 6.45) is 0.267. The predicted molar refractivity (Wildman–Crippen MR) is 88.9 cm³/mol. The molecule has 0 aliphatic heterocycles. The van der Waals surface area contributed by atoms with E-state index in [2.05, 4.69) is 5.32 Å². The van der Waals surface area contributed by atoms with E-state index < -0.39 is 0 Å². The van der Waals surface area contributed by atoms with Gasteiger partial charge in [-0.05, 0) is 24.1 Å². The van der Waals surface area contributed by atoms with Gasteiger partial charge in [-0.1, -0.05) is 48.0 Å². The molecule has 0 saturated carbocycles. The molecule has 0 fully saturated rings. The second-order valence-corrected chi connectivity index (χ2v) is 5.55. The van der Waals surface area contributed by atoms with Gasteiger partial charge >= 0.3 is 0 Å². The smallest absolute Gasteiger partial charge is 0.220 e. The summed E-state index contributed by atoms with van der Waals surface area (Å²) in [4.78, 5) is 11.9. The van der Waals surface area contributed by atoms with Crippen LogP contribution in [0.1, 0.15) is 23.7 Å². The summed E-state index contributed by atoms with van der Waals surface area (Å²) in [6.45, 7) is 0.316. The van der Waals surface area contributed by atoms with Crippen LogP contribution in [0.2, 0.25) is 5.02 Å². The van der Waals surface area contributed by atoms with Crippen molar-refractivity contribution < 1.29 is 13.9 Å². The lowest BCUT2D eigenvalue weighted by molar-refractivity contribution is -0.121. The van der Waals surface area contributed by atoms with Crippen molar-refractivity contribution in [2.45, 2.75) is 18.9 Å². The molecule has 0 aliphatic carbocycles. The molecule has 1 N–H and O–H groups in total. The number of hydrogen-bond donors (Lipinski definition) is 1. The summed E-state index contributed by atoms with van der Waals surface area (Å²) in [5.74, 6) is -0.437. The van der Waals surface area contributed by atoms with Gasteiger partial charge in [0, 0.05) is 30.7 Å². The van der Waals surface area contributed by atoms with Gasteiger partial charge in [0.1, 0.15) is 11.9 Å². The summed E-state index contributed by atoms with van der Waals surface area (Å²) < 4.78 is 18.9. The average Bonchev–Trinajstić information content (AvgIpc) is 2.56. The Labute approximate surface area is 140 Å². The fraction of sp³-hybridized carbons (Fsp3) is 0.278. The third-order valence-electron chi connectivity index (χ3n) is 3.60. The van der Waals surface area contributed by atoms with Crippen LogP contribution in [0, 0.1) is 5.82 Å². The van der Waals surface area contributed by atoms with Crippen molar-refractivity contribution in [1.29, 1.82) is 0 Å². The van der Waals surface area contributed by atoms with Crippen LogP contribution in [0.15, 0.2) is 48.5 Å². The fourth-order valence-electron chi connectivity index (χ4n) is 2.30. The molecular formula is C18H19ClFNO2. The van der Waals surface area contributed by atoms with Gasteiger partial charge in [0.2, 0.25) is 5.91 Å². The lowest BCUT2D eigenvalue weighted by atomic mass is 10.1. The summed E-state index contributed by atoms with van der Waals surface area (Å²) in [5.41, 5.74) is 1.36. The number of rotatable bonds is 7. The van der Waals surface area contributed by atoms with Crippen LogP contribution >= 0.6 is 11.6 Å². The molecule has 0 heterocycles. The molecule has 1 amide bonds. The van der Waals surface area contributed by atoms with Crippen LogP contribution in [0.4, 0.5) is 4.39 Å². The predicted octanol–water partition coefficient (Wildman–Crippen LogP) is 3.92. The zero-order chi connectivity index (χ0) is 16.7. The summed E-state index contributed by atoms with van der Waals surface area (Å²) >= 11 is 6.14. The molecule has 0 spiro atoms. The van der Waals surface area contributed by atoms with Crippen LogP contribution in [0.5, 0.6) is 0 Å². The Balaban J connectivity index is 1.86. The lowest BCUT2D eigenvalue weighted by Crippen LogP contribution is -2.29. The third-order valence-corrected chi connectivity index (χ3v) is 3.94. The molecule has 0 bridgehead atoms. The highest BCUT2D eigenvalue weighted by Crippen LogP contribution is 2.24. The van der Waals surface area contributed by atoms with E-state index in [1.165, 1.54) is 6.07 Å². The van der Waals surface area contributed by atoms with Crippen LogP contribution in [0.3, 0.4) is 0 Å². The highest BCUT2D eigenvalue weighted by Gasteiger charge is 2.15. The highest BCUT2D eigenvalue weighted by atomic mass is 35.5. The number of halogens is 2. The Kier molecular flexibility index (Phi) is 6.56. The maximum absolute atomic E-state index is 13.5. The maximum Gasteiger partial charge on any atom is 0.220 e. The lowest BCUT2D eigenvalue weighted by Gasteiger charge is -2.17. The SMILES string of the molecule is CO[C@@H](CNC(=O)CCc1ccccc1F)c1ccccc1Cl. The number of hydrogen-bond acceptors (Lipinski definition) is 2.